The number of ether oxygens (including phenoxy) is 4. The third kappa shape index (κ3) is 5.30. The molecule has 2 N–H and O–H groups in total. The Morgan fingerprint density at radius 1 is 0.969 bits per heavy atom. The number of aliphatic imine (C=N–C) groups is 1. The van der Waals surface area contributed by atoms with Crippen LogP contribution in [0.2, 0.25) is 0 Å². The average molecular weight is 443 g/mol. The van der Waals surface area contributed by atoms with Gasteiger partial charge in [0, 0.05) is 38.3 Å². The Balaban J connectivity index is 1.55. The first-order valence-electron chi connectivity index (χ1n) is 10.8. The molecular formula is C24H34N4O4. The van der Waals surface area contributed by atoms with Gasteiger partial charge >= 0.3 is 0 Å². The van der Waals surface area contributed by atoms with E-state index in [0.29, 0.717) is 29.8 Å². The van der Waals surface area contributed by atoms with Gasteiger partial charge in [-0.05, 0) is 31.0 Å². The molecule has 1 heterocycles. The molecule has 1 aliphatic heterocycles. The zero-order chi connectivity index (χ0) is 22.9. The molecule has 0 radical (unpaired) electrons. The predicted molar refractivity (Wildman–Crippen MR) is 128 cm³/mol. The normalized spacial score (nSPS) is 16.0. The van der Waals surface area contributed by atoms with Crippen molar-refractivity contribution >= 4 is 11.6 Å². The largest absolute Gasteiger partial charge is 0.495 e. The Morgan fingerprint density at radius 3 is 2.41 bits per heavy atom. The first kappa shape index (κ1) is 23.4. The van der Waals surface area contributed by atoms with Crippen molar-refractivity contribution in [3.05, 3.63) is 42.0 Å². The minimum atomic E-state index is 0.307. The van der Waals surface area contributed by atoms with Gasteiger partial charge in [0.25, 0.3) is 0 Å². The molecule has 8 heteroatoms. The van der Waals surface area contributed by atoms with Gasteiger partial charge in [0.1, 0.15) is 5.75 Å². The van der Waals surface area contributed by atoms with Crippen LogP contribution < -0.4 is 34.5 Å². The molecule has 1 fully saturated rings. The molecule has 3 rings (SSSR count). The summed E-state index contributed by atoms with van der Waals surface area (Å²) in [5.41, 5.74) is 2.17. The number of guanidine groups is 1. The summed E-state index contributed by atoms with van der Waals surface area (Å²) >= 11 is 0. The fourth-order valence-corrected chi connectivity index (χ4v) is 4.05. The number of nitrogens with zero attached hydrogens (tertiary/aromatic N) is 2. The summed E-state index contributed by atoms with van der Waals surface area (Å²) in [4.78, 5) is 6.74. The van der Waals surface area contributed by atoms with E-state index in [1.54, 1.807) is 35.5 Å². The first-order chi connectivity index (χ1) is 15.6. The van der Waals surface area contributed by atoms with Crippen molar-refractivity contribution in [2.45, 2.75) is 18.9 Å². The number of anilines is 1. The highest BCUT2D eigenvalue weighted by molar-refractivity contribution is 5.80. The number of hydrogen-bond donors (Lipinski definition) is 2. The predicted octanol–water partition coefficient (Wildman–Crippen LogP) is 2.71. The van der Waals surface area contributed by atoms with Crippen LogP contribution in [-0.4, -0.2) is 67.1 Å². The van der Waals surface area contributed by atoms with Crippen molar-refractivity contribution in [1.29, 1.82) is 0 Å². The summed E-state index contributed by atoms with van der Waals surface area (Å²) in [6.45, 7) is 2.57. The van der Waals surface area contributed by atoms with Crippen LogP contribution in [-0.2, 0) is 6.42 Å². The number of para-hydroxylation sites is 2. The molecule has 2 aromatic carbocycles. The summed E-state index contributed by atoms with van der Waals surface area (Å²) in [6, 6.07) is 12.3. The lowest BCUT2D eigenvalue weighted by molar-refractivity contribution is 0.322. The van der Waals surface area contributed by atoms with Crippen LogP contribution in [0.25, 0.3) is 0 Å². The van der Waals surface area contributed by atoms with Crippen molar-refractivity contribution in [3.63, 3.8) is 0 Å². The van der Waals surface area contributed by atoms with Crippen LogP contribution in [0.15, 0.2) is 41.4 Å². The zero-order valence-electron chi connectivity index (χ0n) is 19.6. The Labute approximate surface area is 190 Å². The van der Waals surface area contributed by atoms with E-state index in [1.165, 1.54) is 0 Å². The second-order valence-corrected chi connectivity index (χ2v) is 7.49. The molecule has 1 atom stereocenters. The summed E-state index contributed by atoms with van der Waals surface area (Å²) in [5, 5.41) is 6.95. The standard InChI is InChI=1S/C24H34N4O4/c1-25-24(26-14-12-17-10-11-21(30-3)23(32-5)22(17)31-4)27-18-13-15-28(16-18)19-8-6-7-9-20(19)29-2/h6-11,18H,12-16H2,1-5H3,(H2,25,26,27). The average Bonchev–Trinajstić information content (AvgIpc) is 3.30. The highest BCUT2D eigenvalue weighted by atomic mass is 16.5. The van der Waals surface area contributed by atoms with Crippen molar-refractivity contribution in [3.8, 4) is 23.0 Å². The van der Waals surface area contributed by atoms with E-state index in [4.69, 9.17) is 18.9 Å². The van der Waals surface area contributed by atoms with Gasteiger partial charge < -0.3 is 34.5 Å². The van der Waals surface area contributed by atoms with E-state index < -0.39 is 0 Å². The zero-order valence-corrected chi connectivity index (χ0v) is 19.6. The Kier molecular flexibility index (Phi) is 8.30. The lowest BCUT2D eigenvalue weighted by Gasteiger charge is -2.22. The van der Waals surface area contributed by atoms with Gasteiger partial charge in [-0.25, -0.2) is 0 Å². The molecule has 0 aliphatic carbocycles. The third-order valence-electron chi connectivity index (χ3n) is 5.65. The Bertz CT molecular complexity index is 919. The van der Waals surface area contributed by atoms with Crippen molar-refractivity contribution in [2.24, 2.45) is 4.99 Å². The smallest absolute Gasteiger partial charge is 0.203 e. The summed E-state index contributed by atoms with van der Waals surface area (Å²) in [5.74, 6) is 3.65. The van der Waals surface area contributed by atoms with Gasteiger partial charge in [0.05, 0.1) is 34.1 Å². The first-order valence-corrected chi connectivity index (χ1v) is 10.8. The topological polar surface area (TPSA) is 76.6 Å². The van der Waals surface area contributed by atoms with Crippen LogP contribution in [0.4, 0.5) is 5.69 Å². The Morgan fingerprint density at radius 2 is 1.72 bits per heavy atom. The van der Waals surface area contributed by atoms with E-state index in [0.717, 1.165) is 48.9 Å². The third-order valence-corrected chi connectivity index (χ3v) is 5.65. The van der Waals surface area contributed by atoms with E-state index >= 15 is 0 Å². The molecule has 1 aliphatic rings. The maximum atomic E-state index is 5.58. The maximum absolute atomic E-state index is 5.58. The van der Waals surface area contributed by atoms with Crippen molar-refractivity contribution < 1.29 is 18.9 Å². The SMILES string of the molecule is CN=C(NCCc1ccc(OC)c(OC)c1OC)NC1CCN(c2ccccc2OC)C1. The fraction of sp³-hybridized carbons (Fsp3) is 0.458. The molecule has 8 nitrogen and oxygen atoms in total. The molecule has 0 amide bonds. The van der Waals surface area contributed by atoms with Crippen LogP contribution in [0.5, 0.6) is 23.0 Å². The summed E-state index contributed by atoms with van der Waals surface area (Å²) < 4.78 is 21.9. The lowest BCUT2D eigenvalue weighted by Crippen LogP contribution is -2.45. The summed E-state index contributed by atoms with van der Waals surface area (Å²) in [7, 11) is 8.38. The van der Waals surface area contributed by atoms with E-state index in [2.05, 4.69) is 26.6 Å². The van der Waals surface area contributed by atoms with Gasteiger partial charge in [-0.3, -0.25) is 4.99 Å². The molecular weight excluding hydrogens is 408 g/mol. The number of benzene rings is 2. The van der Waals surface area contributed by atoms with Gasteiger partial charge in [0.15, 0.2) is 17.5 Å². The number of methoxy groups -OCH3 is 4. The van der Waals surface area contributed by atoms with E-state index in [-0.39, 0.29) is 0 Å². The van der Waals surface area contributed by atoms with Gasteiger partial charge in [-0.1, -0.05) is 18.2 Å². The molecule has 32 heavy (non-hydrogen) atoms. The molecule has 2 aromatic rings. The van der Waals surface area contributed by atoms with Gasteiger partial charge in [-0.2, -0.15) is 0 Å². The lowest BCUT2D eigenvalue weighted by atomic mass is 10.1. The van der Waals surface area contributed by atoms with E-state index in [1.807, 2.05) is 30.3 Å². The second kappa shape index (κ2) is 11.4. The second-order valence-electron chi connectivity index (χ2n) is 7.49. The minimum Gasteiger partial charge on any atom is -0.495 e. The number of nitrogens with one attached hydrogen (secondary N) is 2. The molecule has 0 bridgehead atoms. The van der Waals surface area contributed by atoms with Crippen LogP contribution in [0.1, 0.15) is 12.0 Å². The maximum Gasteiger partial charge on any atom is 0.203 e. The van der Waals surface area contributed by atoms with Gasteiger partial charge in [-0.15, -0.1) is 0 Å². The monoisotopic (exact) mass is 442 g/mol. The molecule has 0 saturated carbocycles. The highest BCUT2D eigenvalue weighted by Crippen LogP contribution is 2.39. The van der Waals surface area contributed by atoms with Crippen LogP contribution in [0, 0.1) is 0 Å². The van der Waals surface area contributed by atoms with Crippen molar-refractivity contribution in [2.75, 3.05) is 60.0 Å². The Hall–Kier alpha value is -3.29. The van der Waals surface area contributed by atoms with E-state index in [9.17, 15) is 0 Å². The molecule has 174 valence electrons. The molecule has 0 spiro atoms. The number of rotatable bonds is 9. The highest BCUT2D eigenvalue weighted by Gasteiger charge is 2.25. The summed E-state index contributed by atoms with van der Waals surface area (Å²) in [6.07, 6.45) is 1.78. The molecule has 1 saturated heterocycles. The minimum absolute atomic E-state index is 0.307. The quantitative estimate of drug-likeness (QED) is 0.457. The van der Waals surface area contributed by atoms with Crippen LogP contribution in [0.3, 0.4) is 0 Å². The molecule has 1 unspecified atom stereocenters. The number of hydrogen-bond acceptors (Lipinski definition) is 6. The van der Waals surface area contributed by atoms with Crippen LogP contribution >= 0.6 is 0 Å². The fourth-order valence-electron chi connectivity index (χ4n) is 4.05. The van der Waals surface area contributed by atoms with Crippen molar-refractivity contribution in [1.82, 2.24) is 10.6 Å². The molecule has 0 aromatic heterocycles. The van der Waals surface area contributed by atoms with Gasteiger partial charge in [0.2, 0.25) is 5.75 Å².